The van der Waals surface area contributed by atoms with Crippen LogP contribution >= 0.6 is 15.9 Å². The predicted molar refractivity (Wildman–Crippen MR) is 95.9 cm³/mol. The fraction of sp³-hybridized carbons (Fsp3) is 0.211. The molecule has 0 aliphatic rings. The van der Waals surface area contributed by atoms with E-state index in [9.17, 15) is 4.79 Å². The molecule has 2 aromatic carbocycles. The minimum absolute atomic E-state index is 0.539. The van der Waals surface area contributed by atoms with Crippen molar-refractivity contribution in [3.8, 4) is 11.4 Å². The van der Waals surface area contributed by atoms with Crippen molar-refractivity contribution in [2.45, 2.75) is 25.7 Å². The van der Waals surface area contributed by atoms with Crippen molar-refractivity contribution in [3.05, 3.63) is 70.0 Å². The number of halogens is 1. The molecule has 0 aliphatic carbocycles. The molecule has 0 aliphatic heterocycles. The van der Waals surface area contributed by atoms with Crippen LogP contribution in [0.1, 0.15) is 34.7 Å². The maximum Gasteiger partial charge on any atom is 0.226 e. The number of unbranched alkanes of at least 4 members (excludes halogenated alkanes) is 1. The van der Waals surface area contributed by atoms with E-state index in [1.807, 2.05) is 12.1 Å². The molecule has 0 N–H and O–H groups in total. The third-order valence-corrected chi connectivity index (χ3v) is 4.44. The Morgan fingerprint density at radius 2 is 1.83 bits per heavy atom. The normalized spacial score (nSPS) is 10.7. The molecule has 0 saturated carbocycles. The Balaban J connectivity index is 1.56. The van der Waals surface area contributed by atoms with Crippen molar-refractivity contribution in [1.82, 2.24) is 10.1 Å². The zero-order valence-electron chi connectivity index (χ0n) is 13.1. The van der Waals surface area contributed by atoms with Crippen LogP contribution in [-0.2, 0) is 12.8 Å². The number of aryl methyl sites for hydroxylation is 2. The van der Waals surface area contributed by atoms with E-state index >= 15 is 0 Å². The van der Waals surface area contributed by atoms with Crippen LogP contribution in [0.15, 0.2) is 57.5 Å². The Hall–Kier alpha value is -2.27. The van der Waals surface area contributed by atoms with Gasteiger partial charge in [0, 0.05) is 22.0 Å². The summed E-state index contributed by atoms with van der Waals surface area (Å²) in [5.74, 6) is 1.18. The van der Waals surface area contributed by atoms with Crippen LogP contribution in [-0.4, -0.2) is 16.4 Å². The number of aromatic nitrogens is 2. The van der Waals surface area contributed by atoms with E-state index in [0.29, 0.717) is 17.3 Å². The number of nitrogens with zero attached hydrogens (tertiary/aromatic N) is 2. The molecule has 1 heterocycles. The lowest BCUT2D eigenvalue weighted by Crippen LogP contribution is -1.90. The molecule has 5 heteroatoms. The topological polar surface area (TPSA) is 56.0 Å². The molecule has 0 bridgehead atoms. The van der Waals surface area contributed by atoms with Gasteiger partial charge in [0.25, 0.3) is 0 Å². The summed E-state index contributed by atoms with van der Waals surface area (Å²) < 4.78 is 6.11. The number of rotatable bonds is 7. The number of carbonyl (C=O) groups excluding carboxylic acids is 1. The van der Waals surface area contributed by atoms with E-state index in [-0.39, 0.29) is 0 Å². The molecule has 122 valence electrons. The Bertz CT molecular complexity index is 815. The maximum absolute atomic E-state index is 10.8. The third kappa shape index (κ3) is 4.17. The first-order valence-electron chi connectivity index (χ1n) is 7.88. The first-order chi connectivity index (χ1) is 11.8. The van der Waals surface area contributed by atoms with Crippen LogP contribution in [0.3, 0.4) is 0 Å². The minimum Gasteiger partial charge on any atom is -0.339 e. The largest absolute Gasteiger partial charge is 0.339 e. The highest BCUT2D eigenvalue weighted by atomic mass is 79.9. The van der Waals surface area contributed by atoms with E-state index in [1.54, 1.807) is 12.1 Å². The molecule has 0 amide bonds. The molecule has 24 heavy (non-hydrogen) atoms. The highest BCUT2D eigenvalue weighted by Gasteiger charge is 2.12. The van der Waals surface area contributed by atoms with Gasteiger partial charge in [-0.25, -0.2) is 0 Å². The second-order valence-corrected chi connectivity index (χ2v) is 6.42. The van der Waals surface area contributed by atoms with Crippen molar-refractivity contribution < 1.29 is 9.32 Å². The summed E-state index contributed by atoms with van der Waals surface area (Å²) in [7, 11) is 0. The molecule has 0 saturated heterocycles. The summed E-state index contributed by atoms with van der Waals surface area (Å²) in [6.07, 6.45) is 4.72. The fourth-order valence-electron chi connectivity index (χ4n) is 2.50. The summed E-state index contributed by atoms with van der Waals surface area (Å²) in [6.45, 7) is 0. The van der Waals surface area contributed by atoms with Crippen molar-refractivity contribution in [2.24, 2.45) is 0 Å². The first-order valence-corrected chi connectivity index (χ1v) is 8.67. The summed E-state index contributed by atoms with van der Waals surface area (Å²) in [5, 5.41) is 4.04. The monoisotopic (exact) mass is 384 g/mol. The lowest BCUT2D eigenvalue weighted by Gasteiger charge is -2.00. The third-order valence-electron chi connectivity index (χ3n) is 3.79. The lowest BCUT2D eigenvalue weighted by molar-refractivity contribution is 0.112. The SMILES string of the molecule is O=Cc1ccc(-c2noc(CCCCc3ccccc3)n2)c(Br)c1. The fourth-order valence-corrected chi connectivity index (χ4v) is 3.08. The molecule has 3 rings (SSSR count). The van der Waals surface area contributed by atoms with Gasteiger partial charge in [-0.2, -0.15) is 4.98 Å². The Kier molecular flexibility index (Phi) is 5.54. The number of hydrogen-bond acceptors (Lipinski definition) is 4. The van der Waals surface area contributed by atoms with Crippen LogP contribution in [0.25, 0.3) is 11.4 Å². The molecule has 0 atom stereocenters. The number of benzene rings is 2. The second-order valence-electron chi connectivity index (χ2n) is 5.56. The summed E-state index contributed by atoms with van der Waals surface area (Å²) in [5.41, 5.74) is 2.78. The smallest absolute Gasteiger partial charge is 0.226 e. The summed E-state index contributed by atoms with van der Waals surface area (Å²) in [6, 6.07) is 15.7. The van der Waals surface area contributed by atoms with Gasteiger partial charge in [0.1, 0.15) is 6.29 Å². The van der Waals surface area contributed by atoms with Crippen molar-refractivity contribution in [3.63, 3.8) is 0 Å². The van der Waals surface area contributed by atoms with Gasteiger partial charge < -0.3 is 4.52 Å². The Morgan fingerprint density at radius 3 is 2.58 bits per heavy atom. The molecular weight excluding hydrogens is 368 g/mol. The van der Waals surface area contributed by atoms with Crippen LogP contribution in [0.4, 0.5) is 0 Å². The zero-order chi connectivity index (χ0) is 16.8. The van der Waals surface area contributed by atoms with E-state index in [1.165, 1.54) is 5.56 Å². The average molecular weight is 385 g/mol. The van der Waals surface area contributed by atoms with Gasteiger partial charge in [0.15, 0.2) is 0 Å². The second kappa shape index (κ2) is 8.02. The predicted octanol–water partition coefficient (Wildman–Crippen LogP) is 4.88. The highest BCUT2D eigenvalue weighted by Crippen LogP contribution is 2.27. The van der Waals surface area contributed by atoms with Crippen molar-refractivity contribution in [2.75, 3.05) is 0 Å². The van der Waals surface area contributed by atoms with Crippen molar-refractivity contribution in [1.29, 1.82) is 0 Å². The number of aldehydes is 1. The summed E-state index contributed by atoms with van der Waals surface area (Å²) in [4.78, 5) is 15.2. The van der Waals surface area contributed by atoms with Gasteiger partial charge in [-0.05, 0) is 37.0 Å². The average Bonchev–Trinajstić information content (AvgIpc) is 3.08. The van der Waals surface area contributed by atoms with Crippen LogP contribution in [0.2, 0.25) is 0 Å². The molecule has 0 radical (unpaired) electrons. The van der Waals surface area contributed by atoms with Crippen molar-refractivity contribution >= 4 is 22.2 Å². The molecule has 0 spiro atoms. The molecular formula is C19H17BrN2O2. The van der Waals surface area contributed by atoms with E-state index < -0.39 is 0 Å². The molecule has 4 nitrogen and oxygen atoms in total. The van der Waals surface area contributed by atoms with Gasteiger partial charge in [0.05, 0.1) is 0 Å². The number of hydrogen-bond donors (Lipinski definition) is 0. The van der Waals surface area contributed by atoms with Crippen LogP contribution < -0.4 is 0 Å². The van der Waals surface area contributed by atoms with E-state index in [4.69, 9.17) is 4.52 Å². The first kappa shape index (κ1) is 16.6. The van der Waals surface area contributed by atoms with Gasteiger partial charge in [-0.15, -0.1) is 0 Å². The standard InChI is InChI=1S/C19H17BrN2O2/c20-17-12-15(13-23)10-11-16(17)19-21-18(24-22-19)9-5-4-8-14-6-2-1-3-7-14/h1-3,6-7,10-13H,4-5,8-9H2. The van der Waals surface area contributed by atoms with Gasteiger partial charge in [0.2, 0.25) is 11.7 Å². The molecule has 0 fully saturated rings. The molecule has 0 unspecified atom stereocenters. The van der Waals surface area contributed by atoms with Gasteiger partial charge in [-0.1, -0.05) is 57.5 Å². The zero-order valence-corrected chi connectivity index (χ0v) is 14.7. The summed E-state index contributed by atoms with van der Waals surface area (Å²) >= 11 is 3.44. The molecule has 3 aromatic rings. The van der Waals surface area contributed by atoms with E-state index in [2.05, 4.69) is 50.3 Å². The minimum atomic E-state index is 0.539. The van der Waals surface area contributed by atoms with Crippen LogP contribution in [0.5, 0.6) is 0 Å². The van der Waals surface area contributed by atoms with Gasteiger partial charge >= 0.3 is 0 Å². The number of carbonyl (C=O) groups is 1. The Morgan fingerprint density at radius 1 is 1.04 bits per heavy atom. The quantitative estimate of drug-likeness (QED) is 0.430. The van der Waals surface area contributed by atoms with E-state index in [0.717, 1.165) is 42.0 Å². The Labute approximate surface area is 149 Å². The highest BCUT2D eigenvalue weighted by molar-refractivity contribution is 9.10. The van der Waals surface area contributed by atoms with Crippen LogP contribution in [0, 0.1) is 0 Å². The van der Waals surface area contributed by atoms with Gasteiger partial charge in [-0.3, -0.25) is 4.79 Å². The molecule has 1 aromatic heterocycles. The maximum atomic E-state index is 10.8. The lowest BCUT2D eigenvalue weighted by atomic mass is 10.1.